The molecule has 0 aliphatic rings. The highest BCUT2D eigenvalue weighted by Crippen LogP contribution is 2.27. The van der Waals surface area contributed by atoms with Gasteiger partial charge in [0.25, 0.3) is 5.91 Å². The zero-order chi connectivity index (χ0) is 24.6. The summed E-state index contributed by atoms with van der Waals surface area (Å²) in [7, 11) is 3.14. The molecule has 1 heterocycles. The molecule has 4 aromatic rings. The van der Waals surface area contributed by atoms with Crippen LogP contribution in [0.25, 0.3) is 11.3 Å². The number of nitrogens with one attached hydrogen (secondary N) is 2. The van der Waals surface area contributed by atoms with Gasteiger partial charge in [-0.2, -0.15) is 10.2 Å². The van der Waals surface area contributed by atoms with E-state index < -0.39 is 5.91 Å². The van der Waals surface area contributed by atoms with Gasteiger partial charge in [0.1, 0.15) is 18.1 Å². The first-order valence-electron chi connectivity index (χ1n) is 11.0. The number of carbonyl (C=O) groups is 1. The molecule has 178 valence electrons. The minimum atomic E-state index is -0.397. The Morgan fingerprint density at radius 2 is 1.69 bits per heavy atom. The lowest BCUT2D eigenvalue weighted by Gasteiger charge is -2.09. The molecule has 8 heteroatoms. The fraction of sp³-hybridized carbons (Fsp3) is 0.148. The number of aromatic nitrogens is 2. The van der Waals surface area contributed by atoms with E-state index in [9.17, 15) is 4.79 Å². The predicted octanol–water partition coefficient (Wildman–Crippen LogP) is 4.83. The van der Waals surface area contributed by atoms with E-state index >= 15 is 0 Å². The molecule has 1 amide bonds. The van der Waals surface area contributed by atoms with Crippen LogP contribution in [-0.4, -0.2) is 36.0 Å². The van der Waals surface area contributed by atoms with Crippen molar-refractivity contribution in [2.24, 2.45) is 5.10 Å². The summed E-state index contributed by atoms with van der Waals surface area (Å²) < 4.78 is 16.4. The molecule has 0 bridgehead atoms. The highest BCUT2D eigenvalue weighted by Gasteiger charge is 2.12. The second kappa shape index (κ2) is 11.0. The van der Waals surface area contributed by atoms with E-state index in [2.05, 4.69) is 20.7 Å². The second-order valence-electron chi connectivity index (χ2n) is 7.67. The third kappa shape index (κ3) is 5.86. The van der Waals surface area contributed by atoms with Crippen LogP contribution in [0.2, 0.25) is 0 Å². The molecule has 0 fully saturated rings. The van der Waals surface area contributed by atoms with Gasteiger partial charge in [-0.15, -0.1) is 0 Å². The summed E-state index contributed by atoms with van der Waals surface area (Å²) in [5.41, 5.74) is 6.87. The molecule has 0 saturated heterocycles. The SMILES string of the molecule is COc1ccc(/C(C)=N/NC(=O)c2cc(-c3ccc(OCc4ccccc4)cc3)n[nH]2)cc1OC. The highest BCUT2D eigenvalue weighted by molar-refractivity contribution is 6.01. The molecule has 0 saturated carbocycles. The highest BCUT2D eigenvalue weighted by atomic mass is 16.5. The van der Waals surface area contributed by atoms with Crippen LogP contribution >= 0.6 is 0 Å². The number of methoxy groups -OCH3 is 2. The lowest BCUT2D eigenvalue weighted by Crippen LogP contribution is -2.19. The quantitative estimate of drug-likeness (QED) is 0.270. The molecule has 0 spiro atoms. The van der Waals surface area contributed by atoms with Crippen molar-refractivity contribution in [3.63, 3.8) is 0 Å². The molecule has 4 rings (SSSR count). The predicted molar refractivity (Wildman–Crippen MR) is 134 cm³/mol. The topological polar surface area (TPSA) is 97.8 Å². The molecule has 0 unspecified atom stereocenters. The van der Waals surface area contributed by atoms with E-state index in [1.54, 1.807) is 39.3 Å². The Hall–Kier alpha value is -4.59. The molecular weight excluding hydrogens is 444 g/mol. The number of benzene rings is 3. The van der Waals surface area contributed by atoms with Gasteiger partial charge in [0.2, 0.25) is 0 Å². The molecule has 35 heavy (non-hydrogen) atoms. The summed E-state index contributed by atoms with van der Waals surface area (Å²) in [5, 5.41) is 11.2. The van der Waals surface area contributed by atoms with Gasteiger partial charge < -0.3 is 14.2 Å². The van der Waals surface area contributed by atoms with Gasteiger partial charge in [-0.1, -0.05) is 30.3 Å². The average Bonchev–Trinajstić information content (AvgIpc) is 3.41. The molecule has 0 aliphatic carbocycles. The maximum atomic E-state index is 12.6. The van der Waals surface area contributed by atoms with E-state index in [0.29, 0.717) is 35.2 Å². The van der Waals surface area contributed by atoms with Crippen molar-refractivity contribution in [1.29, 1.82) is 0 Å². The lowest BCUT2D eigenvalue weighted by molar-refractivity contribution is 0.0950. The third-order valence-electron chi connectivity index (χ3n) is 5.35. The maximum absolute atomic E-state index is 12.6. The van der Waals surface area contributed by atoms with E-state index in [1.807, 2.05) is 60.7 Å². The Labute approximate surface area is 203 Å². The molecule has 0 radical (unpaired) electrons. The minimum Gasteiger partial charge on any atom is -0.493 e. The van der Waals surface area contributed by atoms with Crippen molar-refractivity contribution in [1.82, 2.24) is 15.6 Å². The van der Waals surface area contributed by atoms with Crippen LogP contribution in [0.4, 0.5) is 0 Å². The standard InChI is InChI=1S/C27H26N4O4/c1-18(21-11-14-25(33-2)26(15-21)34-3)28-31-27(32)24-16-23(29-30-24)20-9-12-22(13-10-20)35-17-19-7-5-4-6-8-19/h4-16H,17H2,1-3H3,(H,29,30)(H,31,32)/b28-18+. The van der Waals surface area contributed by atoms with Crippen LogP contribution in [0.1, 0.15) is 28.5 Å². The van der Waals surface area contributed by atoms with Gasteiger partial charge in [0.05, 0.1) is 25.6 Å². The van der Waals surface area contributed by atoms with Gasteiger partial charge in [0, 0.05) is 11.1 Å². The average molecular weight is 471 g/mol. The van der Waals surface area contributed by atoms with E-state index in [0.717, 1.165) is 22.4 Å². The molecule has 1 aromatic heterocycles. The molecule has 3 aromatic carbocycles. The molecule has 2 N–H and O–H groups in total. The zero-order valence-corrected chi connectivity index (χ0v) is 19.7. The van der Waals surface area contributed by atoms with E-state index in [-0.39, 0.29) is 0 Å². The molecule has 0 aliphatic heterocycles. The Kier molecular flexibility index (Phi) is 7.42. The monoisotopic (exact) mass is 470 g/mol. The molecule has 8 nitrogen and oxygen atoms in total. The fourth-order valence-corrected chi connectivity index (χ4v) is 3.37. The van der Waals surface area contributed by atoms with Crippen LogP contribution < -0.4 is 19.6 Å². The van der Waals surface area contributed by atoms with Gasteiger partial charge >= 0.3 is 0 Å². The molecule has 0 atom stereocenters. The molecular formula is C27H26N4O4. The largest absolute Gasteiger partial charge is 0.493 e. The third-order valence-corrected chi connectivity index (χ3v) is 5.35. The first-order valence-corrected chi connectivity index (χ1v) is 11.0. The first-order chi connectivity index (χ1) is 17.1. The normalized spacial score (nSPS) is 11.1. The Balaban J connectivity index is 1.37. The van der Waals surface area contributed by atoms with Gasteiger partial charge in [-0.25, -0.2) is 5.43 Å². The number of nitrogens with zero attached hydrogens (tertiary/aromatic N) is 2. The van der Waals surface area contributed by atoms with Crippen molar-refractivity contribution in [2.75, 3.05) is 14.2 Å². The number of rotatable bonds is 9. The summed E-state index contributed by atoms with van der Waals surface area (Å²) in [6.07, 6.45) is 0. The number of aromatic amines is 1. The number of carbonyl (C=O) groups excluding carboxylic acids is 1. The Morgan fingerprint density at radius 1 is 0.943 bits per heavy atom. The van der Waals surface area contributed by atoms with Crippen molar-refractivity contribution >= 4 is 11.6 Å². The number of H-pyrrole nitrogens is 1. The van der Waals surface area contributed by atoms with Crippen molar-refractivity contribution in [2.45, 2.75) is 13.5 Å². The van der Waals surface area contributed by atoms with Crippen molar-refractivity contribution in [3.05, 3.63) is 95.7 Å². The van der Waals surface area contributed by atoms with Gasteiger partial charge in [0.15, 0.2) is 11.5 Å². The number of ether oxygens (including phenoxy) is 3. The number of amides is 1. The van der Waals surface area contributed by atoms with Crippen LogP contribution in [0.15, 0.2) is 84.0 Å². The smallest absolute Gasteiger partial charge is 0.289 e. The maximum Gasteiger partial charge on any atom is 0.289 e. The summed E-state index contributed by atoms with van der Waals surface area (Å²) in [4.78, 5) is 12.6. The van der Waals surface area contributed by atoms with E-state index in [1.165, 1.54) is 0 Å². The summed E-state index contributed by atoms with van der Waals surface area (Å²) in [5.74, 6) is 1.56. The van der Waals surface area contributed by atoms with Crippen LogP contribution in [0.5, 0.6) is 17.2 Å². The van der Waals surface area contributed by atoms with Crippen LogP contribution in [0.3, 0.4) is 0 Å². The fourth-order valence-electron chi connectivity index (χ4n) is 3.37. The first kappa shape index (κ1) is 23.6. The van der Waals surface area contributed by atoms with Crippen LogP contribution in [-0.2, 0) is 6.61 Å². The van der Waals surface area contributed by atoms with Gasteiger partial charge in [-0.05, 0) is 61.0 Å². The van der Waals surface area contributed by atoms with E-state index in [4.69, 9.17) is 14.2 Å². The summed E-state index contributed by atoms with van der Waals surface area (Å²) in [6, 6.07) is 24.6. The Morgan fingerprint density at radius 3 is 2.40 bits per heavy atom. The van der Waals surface area contributed by atoms with Crippen molar-refractivity contribution in [3.8, 4) is 28.5 Å². The summed E-state index contributed by atoms with van der Waals surface area (Å²) >= 11 is 0. The second-order valence-corrected chi connectivity index (χ2v) is 7.67. The number of hydrazone groups is 1. The lowest BCUT2D eigenvalue weighted by atomic mass is 10.1. The van der Waals surface area contributed by atoms with Crippen molar-refractivity contribution < 1.29 is 19.0 Å². The number of hydrogen-bond acceptors (Lipinski definition) is 6. The zero-order valence-electron chi connectivity index (χ0n) is 19.7. The summed E-state index contributed by atoms with van der Waals surface area (Å²) in [6.45, 7) is 2.29. The minimum absolute atomic E-state index is 0.299. The Bertz CT molecular complexity index is 1310. The van der Waals surface area contributed by atoms with Crippen LogP contribution in [0, 0.1) is 0 Å². The number of hydrogen-bond donors (Lipinski definition) is 2. The van der Waals surface area contributed by atoms with Gasteiger partial charge in [-0.3, -0.25) is 9.89 Å².